The Morgan fingerprint density at radius 3 is 2.68 bits per heavy atom. The fourth-order valence-electron chi connectivity index (χ4n) is 2.01. The fourth-order valence-corrected chi connectivity index (χ4v) is 2.43. The molecule has 0 unspecified atom stereocenters. The first-order chi connectivity index (χ1) is 9.17. The molecular weight excluding hydrogens is 310 g/mol. The Bertz CT molecular complexity index is 386. The number of hydrazine groups is 1. The minimum atomic E-state index is 0.409. The van der Waals surface area contributed by atoms with Gasteiger partial charge in [0, 0.05) is 25.9 Å². The largest absolute Gasteiger partial charge is 0.383 e. The van der Waals surface area contributed by atoms with Gasteiger partial charge in [0.05, 0.1) is 11.1 Å². The molecule has 0 radical (unpaired) electrons. The van der Waals surface area contributed by atoms with Gasteiger partial charge in [-0.2, -0.15) is 4.98 Å². The van der Waals surface area contributed by atoms with Crippen LogP contribution in [0, 0.1) is 0 Å². The number of nitrogens with two attached hydrogens (primary N) is 1. The van der Waals surface area contributed by atoms with Crippen LogP contribution in [-0.4, -0.2) is 36.3 Å². The average molecular weight is 332 g/mol. The molecular formula is C12H22BrN5O. The van der Waals surface area contributed by atoms with Crippen molar-refractivity contribution in [2.75, 3.05) is 30.6 Å². The van der Waals surface area contributed by atoms with E-state index < -0.39 is 0 Å². The Hall–Kier alpha value is -0.920. The summed E-state index contributed by atoms with van der Waals surface area (Å²) in [5.41, 5.74) is 2.48. The number of nitrogen functional groups attached to an aromatic ring is 1. The minimum Gasteiger partial charge on any atom is -0.383 e. The summed E-state index contributed by atoms with van der Waals surface area (Å²) < 4.78 is 6.04. The van der Waals surface area contributed by atoms with E-state index in [4.69, 9.17) is 10.6 Å². The summed E-state index contributed by atoms with van der Waals surface area (Å²) in [6.07, 6.45) is 3.80. The first kappa shape index (κ1) is 16.1. The van der Waals surface area contributed by atoms with Crippen LogP contribution in [-0.2, 0) is 4.74 Å². The summed E-state index contributed by atoms with van der Waals surface area (Å²) in [6.45, 7) is 5.77. The van der Waals surface area contributed by atoms with E-state index in [2.05, 4.69) is 50.1 Å². The lowest BCUT2D eigenvalue weighted by Crippen LogP contribution is -2.38. The third-order valence-electron chi connectivity index (χ3n) is 3.05. The number of ether oxygens (including phenoxy) is 1. The zero-order chi connectivity index (χ0) is 14.3. The maximum absolute atomic E-state index is 5.38. The second-order valence-electron chi connectivity index (χ2n) is 4.17. The molecule has 0 atom stereocenters. The van der Waals surface area contributed by atoms with Gasteiger partial charge in [-0.05, 0) is 28.8 Å². The highest BCUT2D eigenvalue weighted by Gasteiger charge is 2.20. The predicted molar refractivity (Wildman–Crippen MR) is 81.1 cm³/mol. The molecule has 0 bridgehead atoms. The molecule has 1 rings (SSSR count). The van der Waals surface area contributed by atoms with Crippen molar-refractivity contribution in [2.45, 2.75) is 32.7 Å². The third kappa shape index (κ3) is 4.29. The highest BCUT2D eigenvalue weighted by atomic mass is 79.9. The molecule has 0 aliphatic carbocycles. The van der Waals surface area contributed by atoms with Gasteiger partial charge < -0.3 is 9.64 Å². The van der Waals surface area contributed by atoms with Crippen LogP contribution in [0.2, 0.25) is 0 Å². The fraction of sp³-hybridized carbons (Fsp3) is 0.667. The first-order valence-corrected chi connectivity index (χ1v) is 7.21. The molecule has 1 aromatic heterocycles. The second-order valence-corrected chi connectivity index (χ2v) is 5.02. The van der Waals surface area contributed by atoms with Gasteiger partial charge in [-0.1, -0.05) is 13.8 Å². The number of hydrogen-bond donors (Lipinski definition) is 2. The molecule has 0 aromatic carbocycles. The zero-order valence-electron chi connectivity index (χ0n) is 11.7. The van der Waals surface area contributed by atoms with Crippen LogP contribution in [0.5, 0.6) is 0 Å². The van der Waals surface area contributed by atoms with Gasteiger partial charge in [0.2, 0.25) is 5.95 Å². The van der Waals surface area contributed by atoms with Crippen molar-refractivity contribution in [3.63, 3.8) is 0 Å². The number of rotatable bonds is 8. The first-order valence-electron chi connectivity index (χ1n) is 6.42. The number of aromatic nitrogens is 2. The van der Waals surface area contributed by atoms with Crippen molar-refractivity contribution in [3.05, 3.63) is 10.7 Å². The van der Waals surface area contributed by atoms with E-state index in [9.17, 15) is 0 Å². The number of nitrogens with zero attached hydrogens (tertiary/aromatic N) is 3. The molecule has 0 spiro atoms. The molecule has 0 fully saturated rings. The van der Waals surface area contributed by atoms with Crippen LogP contribution >= 0.6 is 15.9 Å². The maximum atomic E-state index is 5.38. The predicted octanol–water partition coefficient (Wildman–Crippen LogP) is 2.17. The van der Waals surface area contributed by atoms with E-state index in [0.717, 1.165) is 29.7 Å². The molecule has 19 heavy (non-hydrogen) atoms. The molecule has 1 heterocycles. The van der Waals surface area contributed by atoms with Crippen molar-refractivity contribution in [3.8, 4) is 0 Å². The molecule has 3 N–H and O–H groups in total. The van der Waals surface area contributed by atoms with Crippen LogP contribution in [0.15, 0.2) is 10.7 Å². The Morgan fingerprint density at radius 1 is 1.47 bits per heavy atom. The topological polar surface area (TPSA) is 76.3 Å². The maximum Gasteiger partial charge on any atom is 0.239 e. The van der Waals surface area contributed by atoms with Crippen molar-refractivity contribution in [1.29, 1.82) is 0 Å². The lowest BCUT2D eigenvalue weighted by molar-refractivity contribution is 0.202. The Morgan fingerprint density at radius 2 is 2.16 bits per heavy atom. The number of nitrogens with one attached hydrogen (secondary N) is 1. The molecule has 0 aliphatic rings. The van der Waals surface area contributed by atoms with Gasteiger partial charge in [-0.3, -0.25) is 5.43 Å². The van der Waals surface area contributed by atoms with E-state index in [1.54, 1.807) is 13.3 Å². The smallest absolute Gasteiger partial charge is 0.239 e. The van der Waals surface area contributed by atoms with E-state index in [0.29, 0.717) is 18.6 Å². The van der Waals surface area contributed by atoms with E-state index in [1.165, 1.54) is 0 Å². The van der Waals surface area contributed by atoms with Gasteiger partial charge in [0.15, 0.2) is 0 Å². The highest BCUT2D eigenvalue weighted by Crippen LogP contribution is 2.27. The number of hydrogen-bond acceptors (Lipinski definition) is 6. The Labute approximate surface area is 122 Å². The van der Waals surface area contributed by atoms with Crippen molar-refractivity contribution in [2.24, 2.45) is 5.84 Å². The number of halogens is 1. The van der Waals surface area contributed by atoms with Crippen molar-refractivity contribution < 1.29 is 4.74 Å². The number of methoxy groups -OCH3 is 1. The monoisotopic (exact) mass is 331 g/mol. The molecule has 108 valence electrons. The van der Waals surface area contributed by atoms with E-state index in [1.807, 2.05) is 0 Å². The summed E-state index contributed by atoms with van der Waals surface area (Å²) in [5, 5.41) is 0. The second kappa shape index (κ2) is 8.29. The Balaban J connectivity index is 3.07. The summed E-state index contributed by atoms with van der Waals surface area (Å²) in [4.78, 5) is 10.7. The van der Waals surface area contributed by atoms with Gasteiger partial charge in [-0.15, -0.1) is 0 Å². The lowest BCUT2D eigenvalue weighted by atomic mass is 10.1. The molecule has 6 nitrogen and oxygen atoms in total. The van der Waals surface area contributed by atoms with Gasteiger partial charge in [-0.25, -0.2) is 10.8 Å². The molecule has 0 saturated heterocycles. The Kier molecular flexibility index (Phi) is 7.04. The van der Waals surface area contributed by atoms with Gasteiger partial charge >= 0.3 is 0 Å². The summed E-state index contributed by atoms with van der Waals surface area (Å²) >= 11 is 3.50. The van der Waals surface area contributed by atoms with Crippen molar-refractivity contribution >= 4 is 27.7 Å². The molecule has 7 heteroatoms. The normalized spacial score (nSPS) is 10.8. The van der Waals surface area contributed by atoms with Crippen molar-refractivity contribution in [1.82, 2.24) is 9.97 Å². The standard InChI is InChI=1S/C12H22BrN5O/c1-4-9(5-2)18(6-7-19-3)11-10(13)8-15-12(16-11)17-14/h8-9H,4-7,14H2,1-3H3,(H,15,16,17). The van der Waals surface area contributed by atoms with Gasteiger partial charge in [0.25, 0.3) is 0 Å². The SMILES string of the molecule is CCC(CC)N(CCOC)c1nc(NN)ncc1Br. The van der Waals surface area contributed by atoms with Crippen LogP contribution in [0.25, 0.3) is 0 Å². The van der Waals surface area contributed by atoms with Crippen LogP contribution in [0.4, 0.5) is 11.8 Å². The molecule has 0 aliphatic heterocycles. The van der Waals surface area contributed by atoms with Crippen LogP contribution in [0.3, 0.4) is 0 Å². The van der Waals surface area contributed by atoms with Crippen LogP contribution in [0.1, 0.15) is 26.7 Å². The van der Waals surface area contributed by atoms with E-state index >= 15 is 0 Å². The highest BCUT2D eigenvalue weighted by molar-refractivity contribution is 9.10. The summed E-state index contributed by atoms with van der Waals surface area (Å²) in [5.74, 6) is 6.63. The number of anilines is 2. The quantitative estimate of drug-likeness (QED) is 0.561. The molecule has 0 saturated carbocycles. The summed E-state index contributed by atoms with van der Waals surface area (Å²) in [6, 6.07) is 0.409. The van der Waals surface area contributed by atoms with Gasteiger partial charge in [0.1, 0.15) is 5.82 Å². The molecule has 1 aromatic rings. The lowest BCUT2D eigenvalue weighted by Gasteiger charge is -2.32. The summed E-state index contributed by atoms with van der Waals surface area (Å²) in [7, 11) is 1.70. The van der Waals surface area contributed by atoms with Crippen LogP contribution < -0.4 is 16.2 Å². The minimum absolute atomic E-state index is 0.409. The zero-order valence-corrected chi connectivity index (χ0v) is 13.3. The molecule has 0 amide bonds. The van der Waals surface area contributed by atoms with E-state index in [-0.39, 0.29) is 0 Å². The average Bonchev–Trinajstić information content (AvgIpc) is 2.44. The third-order valence-corrected chi connectivity index (χ3v) is 3.61.